The molecular formula is C12H23NO6S2. The Bertz CT molecular complexity index is 593. The fourth-order valence-electron chi connectivity index (χ4n) is 2.34. The smallest absolute Gasteiger partial charge is 0.309 e. The van der Waals surface area contributed by atoms with Gasteiger partial charge in [0, 0.05) is 19.3 Å². The fraction of sp³-hybridized carbons (Fsp3) is 0.917. The van der Waals surface area contributed by atoms with Gasteiger partial charge in [-0.1, -0.05) is 0 Å². The fourth-order valence-corrected chi connectivity index (χ4v) is 5.47. The van der Waals surface area contributed by atoms with Crippen LogP contribution in [0.1, 0.15) is 26.7 Å². The van der Waals surface area contributed by atoms with Gasteiger partial charge in [-0.25, -0.2) is 21.1 Å². The van der Waals surface area contributed by atoms with Gasteiger partial charge in [0.05, 0.1) is 16.9 Å². The van der Waals surface area contributed by atoms with E-state index in [0.29, 0.717) is 19.4 Å². The Balaban J connectivity index is 2.83. The van der Waals surface area contributed by atoms with Crippen molar-refractivity contribution >= 4 is 25.8 Å². The first-order valence-corrected chi connectivity index (χ1v) is 10.4. The summed E-state index contributed by atoms with van der Waals surface area (Å²) in [6.45, 7) is 3.63. The number of sulfone groups is 1. The second-order valence-electron chi connectivity index (χ2n) is 6.17. The largest absolute Gasteiger partial charge is 0.481 e. The molecule has 1 unspecified atom stereocenters. The molecule has 1 N–H and O–H groups in total. The molecule has 1 rings (SSSR count). The predicted octanol–water partition coefficient (Wildman–Crippen LogP) is 0.184. The standard InChI is InChI=1S/C12H23NO6S2/c1-12(2,11(14)15)10-5-4-6-13(9-10)21(18,19)8-7-20(3,16)17/h10H,4-9H2,1-3H3,(H,14,15). The molecule has 0 aromatic heterocycles. The minimum atomic E-state index is -3.67. The normalized spacial score (nSPS) is 22.1. The maximum absolute atomic E-state index is 12.2. The molecule has 0 saturated carbocycles. The topological polar surface area (TPSA) is 109 Å². The van der Waals surface area contributed by atoms with Crippen LogP contribution in [-0.4, -0.2) is 63.1 Å². The molecule has 0 radical (unpaired) electrons. The molecule has 1 aliphatic heterocycles. The summed E-state index contributed by atoms with van der Waals surface area (Å²) in [6, 6.07) is 0. The molecule has 0 amide bonds. The van der Waals surface area contributed by atoms with Gasteiger partial charge in [-0.2, -0.15) is 0 Å². The van der Waals surface area contributed by atoms with E-state index in [0.717, 1.165) is 6.26 Å². The highest BCUT2D eigenvalue weighted by Gasteiger charge is 2.41. The molecular weight excluding hydrogens is 318 g/mol. The number of sulfonamides is 1. The van der Waals surface area contributed by atoms with Crippen LogP contribution >= 0.6 is 0 Å². The first kappa shape index (κ1) is 18.4. The SMILES string of the molecule is CC(C)(C(=O)O)C1CCCN(S(=O)(=O)CCS(C)(=O)=O)C1. The van der Waals surface area contributed by atoms with E-state index in [-0.39, 0.29) is 12.5 Å². The molecule has 124 valence electrons. The van der Waals surface area contributed by atoms with Crippen molar-refractivity contribution in [2.45, 2.75) is 26.7 Å². The zero-order chi connectivity index (χ0) is 16.5. The van der Waals surface area contributed by atoms with Gasteiger partial charge in [0.25, 0.3) is 0 Å². The molecule has 0 aromatic rings. The van der Waals surface area contributed by atoms with Gasteiger partial charge in [-0.05, 0) is 32.6 Å². The number of rotatable bonds is 6. The Kier molecular flexibility index (Phi) is 5.44. The average Bonchev–Trinajstić information content (AvgIpc) is 2.36. The third-order valence-corrected chi connectivity index (χ3v) is 7.10. The number of hydrogen-bond acceptors (Lipinski definition) is 5. The lowest BCUT2D eigenvalue weighted by molar-refractivity contribution is -0.151. The van der Waals surface area contributed by atoms with Crippen LogP contribution in [0.25, 0.3) is 0 Å². The minimum absolute atomic E-state index is 0.130. The Morgan fingerprint density at radius 2 is 1.81 bits per heavy atom. The van der Waals surface area contributed by atoms with Gasteiger partial charge in [-0.15, -0.1) is 0 Å². The van der Waals surface area contributed by atoms with E-state index in [9.17, 15) is 26.7 Å². The summed E-state index contributed by atoms with van der Waals surface area (Å²) in [6.07, 6.45) is 2.23. The molecule has 0 bridgehead atoms. The molecule has 0 aliphatic carbocycles. The van der Waals surface area contributed by atoms with E-state index in [1.54, 1.807) is 13.8 Å². The molecule has 9 heteroatoms. The van der Waals surface area contributed by atoms with Crippen molar-refractivity contribution in [2.24, 2.45) is 11.3 Å². The number of hydrogen-bond donors (Lipinski definition) is 1. The second-order valence-corrected chi connectivity index (χ2v) is 10.5. The first-order chi connectivity index (χ1) is 9.36. The maximum atomic E-state index is 12.2. The van der Waals surface area contributed by atoms with E-state index >= 15 is 0 Å². The van der Waals surface area contributed by atoms with Crippen LogP contribution in [0.2, 0.25) is 0 Å². The zero-order valence-electron chi connectivity index (χ0n) is 12.6. The molecule has 0 spiro atoms. The minimum Gasteiger partial charge on any atom is -0.481 e. The number of carboxylic acids is 1. The molecule has 1 aliphatic rings. The van der Waals surface area contributed by atoms with Crippen LogP contribution in [0.15, 0.2) is 0 Å². The van der Waals surface area contributed by atoms with Crippen LogP contribution in [0.3, 0.4) is 0 Å². The highest BCUT2D eigenvalue weighted by molar-refractivity contribution is 7.93. The number of nitrogens with zero attached hydrogens (tertiary/aromatic N) is 1. The lowest BCUT2D eigenvalue weighted by Gasteiger charge is -2.38. The molecule has 1 heterocycles. The molecule has 1 atom stereocenters. The lowest BCUT2D eigenvalue weighted by atomic mass is 9.75. The Morgan fingerprint density at radius 3 is 2.29 bits per heavy atom. The molecule has 7 nitrogen and oxygen atoms in total. The van der Waals surface area contributed by atoms with Crippen LogP contribution in [0.5, 0.6) is 0 Å². The zero-order valence-corrected chi connectivity index (χ0v) is 14.2. The van der Waals surface area contributed by atoms with Crippen molar-refractivity contribution in [3.05, 3.63) is 0 Å². The molecule has 1 saturated heterocycles. The highest BCUT2D eigenvalue weighted by Crippen LogP contribution is 2.35. The van der Waals surface area contributed by atoms with Crippen molar-refractivity contribution in [3.63, 3.8) is 0 Å². The van der Waals surface area contributed by atoms with Crippen molar-refractivity contribution in [1.82, 2.24) is 4.31 Å². The summed E-state index contributed by atoms with van der Waals surface area (Å²) in [5.41, 5.74) is -1.01. The molecule has 1 fully saturated rings. The number of aliphatic carboxylic acids is 1. The van der Waals surface area contributed by atoms with Gasteiger partial charge in [0.15, 0.2) is 0 Å². The third kappa shape index (κ3) is 4.93. The summed E-state index contributed by atoms with van der Waals surface area (Å²) in [4.78, 5) is 11.3. The predicted molar refractivity (Wildman–Crippen MR) is 79.2 cm³/mol. The summed E-state index contributed by atoms with van der Waals surface area (Å²) < 4.78 is 47.8. The Hall–Kier alpha value is -0.670. The van der Waals surface area contributed by atoms with E-state index in [1.165, 1.54) is 4.31 Å². The molecule has 21 heavy (non-hydrogen) atoms. The number of carbonyl (C=O) groups is 1. The van der Waals surface area contributed by atoms with Crippen LogP contribution in [0, 0.1) is 11.3 Å². The van der Waals surface area contributed by atoms with E-state index in [1.807, 2.05) is 0 Å². The van der Waals surface area contributed by atoms with E-state index in [4.69, 9.17) is 0 Å². The van der Waals surface area contributed by atoms with Crippen molar-refractivity contribution in [3.8, 4) is 0 Å². The maximum Gasteiger partial charge on any atom is 0.309 e. The first-order valence-electron chi connectivity index (χ1n) is 6.75. The van der Waals surface area contributed by atoms with Crippen molar-refractivity contribution in [2.75, 3.05) is 30.9 Å². The van der Waals surface area contributed by atoms with Crippen molar-refractivity contribution < 1.29 is 26.7 Å². The van der Waals surface area contributed by atoms with E-state index < -0.39 is 42.8 Å². The quantitative estimate of drug-likeness (QED) is 0.738. The van der Waals surface area contributed by atoms with Crippen molar-refractivity contribution in [1.29, 1.82) is 0 Å². The summed E-state index contributed by atoms with van der Waals surface area (Å²) in [5.74, 6) is -2.11. The summed E-state index contributed by atoms with van der Waals surface area (Å²) in [7, 11) is -7.03. The van der Waals surface area contributed by atoms with Crippen LogP contribution in [-0.2, 0) is 24.7 Å². The average molecular weight is 341 g/mol. The Morgan fingerprint density at radius 1 is 1.24 bits per heavy atom. The van der Waals surface area contributed by atoms with Crippen LogP contribution < -0.4 is 0 Å². The van der Waals surface area contributed by atoms with Gasteiger partial charge < -0.3 is 5.11 Å². The Labute approximate surface area is 126 Å². The van der Waals surface area contributed by atoms with Gasteiger partial charge >= 0.3 is 5.97 Å². The summed E-state index contributed by atoms with van der Waals surface area (Å²) in [5, 5.41) is 9.25. The van der Waals surface area contributed by atoms with Gasteiger partial charge in [-0.3, -0.25) is 4.79 Å². The summed E-state index contributed by atoms with van der Waals surface area (Å²) >= 11 is 0. The van der Waals surface area contributed by atoms with E-state index in [2.05, 4.69) is 0 Å². The molecule has 0 aromatic carbocycles. The number of piperidine rings is 1. The van der Waals surface area contributed by atoms with Gasteiger partial charge in [0.2, 0.25) is 10.0 Å². The third-order valence-electron chi connectivity index (χ3n) is 4.06. The number of carboxylic acid groups (broad SMARTS) is 1. The monoisotopic (exact) mass is 341 g/mol. The lowest BCUT2D eigenvalue weighted by Crippen LogP contribution is -2.47. The van der Waals surface area contributed by atoms with Gasteiger partial charge in [0.1, 0.15) is 9.84 Å². The van der Waals surface area contributed by atoms with Crippen LogP contribution in [0.4, 0.5) is 0 Å². The highest BCUT2D eigenvalue weighted by atomic mass is 32.2. The second kappa shape index (κ2) is 6.21.